The number of aromatic nitrogens is 3. The molecular formula is C16H20N8. The number of rotatable bonds is 2. The molecule has 5 rings (SSSR count). The van der Waals surface area contributed by atoms with Gasteiger partial charge >= 0.3 is 0 Å². The number of piperazine rings is 1. The molecule has 0 radical (unpaired) electrons. The van der Waals surface area contributed by atoms with Gasteiger partial charge in [-0.1, -0.05) is 0 Å². The van der Waals surface area contributed by atoms with E-state index in [0.29, 0.717) is 6.04 Å². The number of hydrazine groups is 1. The van der Waals surface area contributed by atoms with Crippen molar-refractivity contribution < 1.29 is 0 Å². The molecule has 3 N–H and O–H groups in total. The molecular weight excluding hydrogens is 304 g/mol. The van der Waals surface area contributed by atoms with Gasteiger partial charge < -0.3 is 20.5 Å². The van der Waals surface area contributed by atoms with Crippen molar-refractivity contribution in [1.29, 1.82) is 0 Å². The van der Waals surface area contributed by atoms with Crippen LogP contribution in [0.3, 0.4) is 0 Å². The SMILES string of the molecule is c1cc(N2CCN(c3nc4c5c(n3)NNC5CCN4)CC2)ccn1. The standard InChI is InChI=1S/C16H20N8/c1-4-17-5-2-11(1)23-7-9-24(10-8-23)16-19-14-13-12(3-6-18-14)21-22-15(13)20-16/h1-2,4-5,12,21H,3,6-10H2,(H2,18,19,20,22). The highest BCUT2D eigenvalue weighted by Crippen LogP contribution is 2.38. The van der Waals surface area contributed by atoms with Crippen LogP contribution in [0.1, 0.15) is 18.0 Å². The van der Waals surface area contributed by atoms with Gasteiger partial charge in [-0.25, -0.2) is 5.43 Å². The maximum absolute atomic E-state index is 4.78. The summed E-state index contributed by atoms with van der Waals surface area (Å²) in [6.45, 7) is 4.69. The molecule has 8 heteroatoms. The molecule has 1 fully saturated rings. The largest absolute Gasteiger partial charge is 0.369 e. The first-order chi connectivity index (χ1) is 11.9. The lowest BCUT2D eigenvalue weighted by Gasteiger charge is -2.36. The number of hydrogen-bond acceptors (Lipinski definition) is 8. The van der Waals surface area contributed by atoms with Crippen molar-refractivity contribution in [3.8, 4) is 0 Å². The summed E-state index contributed by atoms with van der Waals surface area (Å²) in [5.41, 5.74) is 8.92. The van der Waals surface area contributed by atoms with E-state index in [4.69, 9.17) is 9.97 Å². The van der Waals surface area contributed by atoms with Crippen LogP contribution in [0.15, 0.2) is 24.5 Å². The van der Waals surface area contributed by atoms with Crippen LogP contribution in [0.5, 0.6) is 0 Å². The average molecular weight is 324 g/mol. The Bertz CT molecular complexity index is 741. The van der Waals surface area contributed by atoms with Gasteiger partial charge in [0.25, 0.3) is 0 Å². The summed E-state index contributed by atoms with van der Waals surface area (Å²) in [4.78, 5) is 18.3. The van der Waals surface area contributed by atoms with Crippen molar-refractivity contribution in [2.24, 2.45) is 0 Å². The van der Waals surface area contributed by atoms with Crippen molar-refractivity contribution in [2.75, 3.05) is 53.3 Å². The Balaban J connectivity index is 1.36. The van der Waals surface area contributed by atoms with Crippen molar-refractivity contribution in [1.82, 2.24) is 20.4 Å². The Morgan fingerprint density at radius 1 is 0.958 bits per heavy atom. The molecule has 0 bridgehead atoms. The van der Waals surface area contributed by atoms with Gasteiger partial charge in [0.2, 0.25) is 5.95 Å². The fraction of sp³-hybridized carbons (Fsp3) is 0.438. The Kier molecular flexibility index (Phi) is 3.15. The minimum atomic E-state index is 0.328. The summed E-state index contributed by atoms with van der Waals surface area (Å²) in [5, 5.41) is 3.41. The summed E-state index contributed by atoms with van der Waals surface area (Å²) >= 11 is 0. The van der Waals surface area contributed by atoms with Gasteiger partial charge in [-0.2, -0.15) is 9.97 Å². The van der Waals surface area contributed by atoms with Crippen molar-refractivity contribution >= 4 is 23.3 Å². The van der Waals surface area contributed by atoms with Crippen LogP contribution in [0.2, 0.25) is 0 Å². The first-order valence-electron chi connectivity index (χ1n) is 8.46. The fourth-order valence-electron chi connectivity index (χ4n) is 3.66. The van der Waals surface area contributed by atoms with Crippen LogP contribution in [0, 0.1) is 0 Å². The van der Waals surface area contributed by atoms with Crippen LogP contribution < -0.4 is 26.0 Å². The number of anilines is 4. The minimum Gasteiger partial charge on any atom is -0.369 e. The van der Waals surface area contributed by atoms with E-state index in [-0.39, 0.29) is 0 Å². The molecule has 1 saturated heterocycles. The highest BCUT2D eigenvalue weighted by atomic mass is 15.4. The van der Waals surface area contributed by atoms with Crippen LogP contribution in [0.4, 0.5) is 23.3 Å². The highest BCUT2D eigenvalue weighted by molar-refractivity contribution is 5.66. The molecule has 1 unspecified atom stereocenters. The first kappa shape index (κ1) is 13.8. The van der Waals surface area contributed by atoms with Crippen LogP contribution in [-0.2, 0) is 0 Å². The topological polar surface area (TPSA) is 81.2 Å². The summed E-state index contributed by atoms with van der Waals surface area (Å²) in [7, 11) is 0. The van der Waals surface area contributed by atoms with E-state index in [1.165, 1.54) is 11.3 Å². The third-order valence-electron chi connectivity index (χ3n) is 4.96. The lowest BCUT2D eigenvalue weighted by atomic mass is 10.0. The van der Waals surface area contributed by atoms with E-state index in [1.54, 1.807) is 0 Å². The zero-order chi connectivity index (χ0) is 15.9. The quantitative estimate of drug-likeness (QED) is 0.754. The minimum absolute atomic E-state index is 0.328. The Labute approximate surface area is 140 Å². The average Bonchev–Trinajstić information content (AvgIpc) is 3.07. The van der Waals surface area contributed by atoms with Crippen molar-refractivity contribution in [3.63, 3.8) is 0 Å². The van der Waals surface area contributed by atoms with E-state index in [2.05, 4.69) is 43.1 Å². The number of nitrogens with zero attached hydrogens (tertiary/aromatic N) is 5. The van der Waals surface area contributed by atoms with Gasteiger partial charge in [0, 0.05) is 50.8 Å². The zero-order valence-corrected chi connectivity index (χ0v) is 13.4. The molecule has 124 valence electrons. The predicted octanol–water partition coefficient (Wildman–Crippen LogP) is 0.985. The van der Waals surface area contributed by atoms with Crippen LogP contribution >= 0.6 is 0 Å². The second-order valence-electron chi connectivity index (χ2n) is 6.35. The van der Waals surface area contributed by atoms with Gasteiger partial charge in [0.05, 0.1) is 11.6 Å². The normalized spacial score (nSPS) is 21.9. The number of pyridine rings is 1. The van der Waals surface area contributed by atoms with E-state index in [1.807, 2.05) is 12.4 Å². The summed E-state index contributed by atoms with van der Waals surface area (Å²) in [6.07, 6.45) is 4.74. The lowest BCUT2D eigenvalue weighted by Crippen LogP contribution is -2.47. The first-order valence-corrected chi connectivity index (χ1v) is 8.46. The van der Waals surface area contributed by atoms with E-state index in [9.17, 15) is 0 Å². The summed E-state index contributed by atoms with van der Waals surface area (Å²) in [5.74, 6) is 2.70. The summed E-state index contributed by atoms with van der Waals surface area (Å²) in [6, 6.07) is 4.45. The molecule has 3 aliphatic rings. The Morgan fingerprint density at radius 3 is 2.54 bits per heavy atom. The lowest BCUT2D eigenvalue weighted by molar-refractivity contribution is 0.574. The third-order valence-corrected chi connectivity index (χ3v) is 4.96. The maximum atomic E-state index is 4.78. The molecule has 5 heterocycles. The van der Waals surface area contributed by atoms with Crippen LogP contribution in [-0.4, -0.2) is 47.7 Å². The maximum Gasteiger partial charge on any atom is 0.229 e. The molecule has 2 aromatic rings. The van der Waals surface area contributed by atoms with E-state index >= 15 is 0 Å². The van der Waals surface area contributed by atoms with Gasteiger partial charge in [0.1, 0.15) is 5.82 Å². The zero-order valence-electron chi connectivity index (χ0n) is 13.4. The smallest absolute Gasteiger partial charge is 0.229 e. The van der Waals surface area contributed by atoms with Gasteiger partial charge in [0.15, 0.2) is 5.82 Å². The van der Waals surface area contributed by atoms with Crippen molar-refractivity contribution in [2.45, 2.75) is 12.5 Å². The molecule has 0 saturated carbocycles. The molecule has 2 aromatic heterocycles. The predicted molar refractivity (Wildman–Crippen MR) is 93.3 cm³/mol. The van der Waals surface area contributed by atoms with Gasteiger partial charge in [-0.15, -0.1) is 0 Å². The third kappa shape index (κ3) is 2.22. The van der Waals surface area contributed by atoms with E-state index < -0.39 is 0 Å². The monoisotopic (exact) mass is 324 g/mol. The number of hydrogen-bond donors (Lipinski definition) is 3. The Hall–Kier alpha value is -2.61. The molecule has 0 aromatic carbocycles. The highest BCUT2D eigenvalue weighted by Gasteiger charge is 2.32. The second kappa shape index (κ2) is 5.48. The molecule has 0 amide bonds. The molecule has 3 aliphatic heterocycles. The van der Waals surface area contributed by atoms with E-state index in [0.717, 1.165) is 56.7 Å². The van der Waals surface area contributed by atoms with Crippen LogP contribution in [0.25, 0.3) is 0 Å². The van der Waals surface area contributed by atoms with Crippen molar-refractivity contribution in [3.05, 3.63) is 30.1 Å². The Morgan fingerprint density at radius 2 is 1.71 bits per heavy atom. The van der Waals surface area contributed by atoms with Gasteiger partial charge in [-0.3, -0.25) is 4.98 Å². The molecule has 1 atom stereocenters. The number of nitrogens with one attached hydrogen (secondary N) is 3. The summed E-state index contributed by atoms with van der Waals surface area (Å²) < 4.78 is 0. The molecule has 8 nitrogen and oxygen atoms in total. The molecule has 0 aliphatic carbocycles. The van der Waals surface area contributed by atoms with Gasteiger partial charge in [-0.05, 0) is 18.6 Å². The molecule has 24 heavy (non-hydrogen) atoms. The second-order valence-corrected chi connectivity index (χ2v) is 6.35. The fourth-order valence-corrected chi connectivity index (χ4v) is 3.66. The molecule has 0 spiro atoms.